The van der Waals surface area contributed by atoms with Gasteiger partial charge in [0.2, 0.25) is 0 Å². The van der Waals surface area contributed by atoms with Crippen molar-refractivity contribution in [3.05, 3.63) is 77.5 Å². The zero-order valence-corrected chi connectivity index (χ0v) is 15.8. The van der Waals surface area contributed by atoms with Crippen molar-refractivity contribution in [2.24, 2.45) is 7.05 Å². The number of para-hydroxylation sites is 1. The summed E-state index contributed by atoms with van der Waals surface area (Å²) < 4.78 is 14.2. The molecule has 0 saturated carbocycles. The van der Waals surface area contributed by atoms with E-state index in [1.807, 2.05) is 30.3 Å². The van der Waals surface area contributed by atoms with Gasteiger partial charge < -0.3 is 14.6 Å². The molecule has 8 nitrogen and oxygen atoms in total. The molecule has 4 rings (SSSR count). The van der Waals surface area contributed by atoms with E-state index in [0.717, 1.165) is 5.75 Å². The van der Waals surface area contributed by atoms with Gasteiger partial charge in [-0.25, -0.2) is 4.98 Å². The van der Waals surface area contributed by atoms with Gasteiger partial charge in [-0.3, -0.25) is 14.0 Å². The van der Waals surface area contributed by atoms with Crippen molar-refractivity contribution in [2.75, 3.05) is 6.61 Å². The average molecular weight is 392 g/mol. The van der Waals surface area contributed by atoms with Crippen LogP contribution >= 0.6 is 0 Å². The van der Waals surface area contributed by atoms with Crippen molar-refractivity contribution in [1.82, 2.24) is 19.3 Å². The fourth-order valence-corrected chi connectivity index (χ4v) is 2.90. The summed E-state index contributed by atoms with van der Waals surface area (Å²) in [5.74, 6) is 2.03. The van der Waals surface area contributed by atoms with Crippen LogP contribution in [0.4, 0.5) is 0 Å². The maximum absolute atomic E-state index is 12.4. The quantitative estimate of drug-likeness (QED) is 0.519. The number of aromatic nitrogens is 4. The zero-order valence-electron chi connectivity index (χ0n) is 15.8. The van der Waals surface area contributed by atoms with Crippen molar-refractivity contribution in [1.29, 1.82) is 0 Å². The lowest BCUT2D eigenvalue weighted by Gasteiger charge is -2.14. The van der Waals surface area contributed by atoms with Crippen molar-refractivity contribution < 1.29 is 14.6 Å². The fourth-order valence-electron chi connectivity index (χ4n) is 2.90. The Kier molecular flexibility index (Phi) is 5.26. The number of hydrogen-bond donors (Lipinski definition) is 1. The first-order valence-electron chi connectivity index (χ1n) is 9.11. The molecule has 0 radical (unpaired) electrons. The lowest BCUT2D eigenvalue weighted by Crippen LogP contribution is -2.30. The van der Waals surface area contributed by atoms with Gasteiger partial charge in [-0.1, -0.05) is 18.2 Å². The van der Waals surface area contributed by atoms with Crippen LogP contribution in [0, 0.1) is 0 Å². The lowest BCUT2D eigenvalue weighted by atomic mass is 10.3. The Bertz CT molecular complexity index is 1150. The number of ether oxygens (including phenoxy) is 2. The second kappa shape index (κ2) is 8.15. The molecule has 0 fully saturated rings. The van der Waals surface area contributed by atoms with E-state index in [9.17, 15) is 9.90 Å². The minimum absolute atomic E-state index is 0.0381. The van der Waals surface area contributed by atoms with Gasteiger partial charge in [0.25, 0.3) is 5.56 Å². The molecule has 0 aliphatic carbocycles. The predicted octanol–water partition coefficient (Wildman–Crippen LogP) is 2.36. The van der Waals surface area contributed by atoms with E-state index in [4.69, 9.17) is 9.47 Å². The third-order valence-electron chi connectivity index (χ3n) is 4.37. The molecule has 4 aromatic rings. The Morgan fingerprint density at radius 3 is 2.48 bits per heavy atom. The van der Waals surface area contributed by atoms with Gasteiger partial charge in [-0.2, -0.15) is 5.10 Å². The van der Waals surface area contributed by atoms with E-state index in [1.54, 1.807) is 31.3 Å². The summed E-state index contributed by atoms with van der Waals surface area (Å²) in [7, 11) is 1.72. The molecular weight excluding hydrogens is 372 g/mol. The second-order valence-electron chi connectivity index (χ2n) is 6.56. The molecular formula is C21H20N4O4. The van der Waals surface area contributed by atoms with E-state index < -0.39 is 6.10 Å². The minimum Gasteiger partial charge on any atom is -0.491 e. The van der Waals surface area contributed by atoms with Gasteiger partial charge in [-0.15, -0.1) is 0 Å². The highest BCUT2D eigenvalue weighted by Crippen LogP contribution is 2.23. The molecule has 2 heterocycles. The molecule has 1 unspecified atom stereocenters. The maximum Gasteiger partial charge on any atom is 0.264 e. The molecule has 2 aromatic carbocycles. The molecule has 1 atom stereocenters. The van der Waals surface area contributed by atoms with Crippen molar-refractivity contribution in [3.8, 4) is 17.2 Å². The predicted molar refractivity (Wildman–Crippen MR) is 107 cm³/mol. The van der Waals surface area contributed by atoms with Gasteiger partial charge in [0.05, 0.1) is 12.7 Å². The Labute approximate surface area is 166 Å². The monoisotopic (exact) mass is 392 g/mol. The van der Waals surface area contributed by atoms with Crippen LogP contribution in [0.2, 0.25) is 0 Å². The van der Waals surface area contributed by atoms with Gasteiger partial charge in [0.1, 0.15) is 41.7 Å². The SMILES string of the molecule is Cn1ncc2c(=O)n(CC(O)COc3ccc(Oc4ccccc4)cc3)cnc21. The van der Waals surface area contributed by atoms with E-state index in [-0.39, 0.29) is 18.7 Å². The Morgan fingerprint density at radius 1 is 1.03 bits per heavy atom. The number of aliphatic hydroxyl groups is 1. The first-order chi connectivity index (χ1) is 14.1. The largest absolute Gasteiger partial charge is 0.491 e. The Hall–Kier alpha value is -3.65. The van der Waals surface area contributed by atoms with Crippen LogP contribution in [0.1, 0.15) is 0 Å². The van der Waals surface area contributed by atoms with Crippen LogP contribution < -0.4 is 15.0 Å². The van der Waals surface area contributed by atoms with Crippen LogP contribution in [0.3, 0.4) is 0 Å². The molecule has 0 aliphatic rings. The highest BCUT2D eigenvalue weighted by molar-refractivity contribution is 5.72. The molecule has 0 spiro atoms. The number of aliphatic hydroxyl groups excluding tert-OH is 1. The van der Waals surface area contributed by atoms with Crippen LogP contribution in [0.15, 0.2) is 71.9 Å². The summed E-state index contributed by atoms with van der Waals surface area (Å²) in [4.78, 5) is 16.7. The summed E-state index contributed by atoms with van der Waals surface area (Å²) >= 11 is 0. The van der Waals surface area contributed by atoms with E-state index >= 15 is 0 Å². The van der Waals surface area contributed by atoms with Gasteiger partial charge in [0.15, 0.2) is 5.65 Å². The zero-order chi connectivity index (χ0) is 20.2. The van der Waals surface area contributed by atoms with Gasteiger partial charge >= 0.3 is 0 Å². The van der Waals surface area contributed by atoms with E-state index in [0.29, 0.717) is 22.5 Å². The summed E-state index contributed by atoms with van der Waals surface area (Å²) in [5.41, 5.74) is 0.263. The van der Waals surface area contributed by atoms with Crippen LogP contribution in [-0.2, 0) is 13.6 Å². The fraction of sp³-hybridized carbons (Fsp3) is 0.190. The first kappa shape index (κ1) is 18.7. The standard InChI is InChI=1S/C21H20N4O4/c1-24-20-19(11-23-24)21(27)25(14-22-20)12-15(26)13-28-16-7-9-18(10-8-16)29-17-5-3-2-4-6-17/h2-11,14-15,26H,12-13H2,1H3. The topological polar surface area (TPSA) is 91.4 Å². The average Bonchev–Trinajstić information content (AvgIpc) is 3.12. The molecule has 0 saturated heterocycles. The lowest BCUT2D eigenvalue weighted by molar-refractivity contribution is 0.0914. The second-order valence-corrected chi connectivity index (χ2v) is 6.56. The molecule has 2 aromatic heterocycles. The highest BCUT2D eigenvalue weighted by Gasteiger charge is 2.12. The third kappa shape index (κ3) is 4.27. The van der Waals surface area contributed by atoms with Crippen molar-refractivity contribution in [3.63, 3.8) is 0 Å². The number of nitrogens with zero attached hydrogens (tertiary/aromatic N) is 4. The molecule has 8 heteroatoms. The molecule has 1 N–H and O–H groups in total. The van der Waals surface area contributed by atoms with Crippen molar-refractivity contribution >= 4 is 11.0 Å². The number of hydrogen-bond acceptors (Lipinski definition) is 6. The van der Waals surface area contributed by atoms with Crippen LogP contribution in [-0.4, -0.2) is 37.1 Å². The molecule has 0 bridgehead atoms. The smallest absolute Gasteiger partial charge is 0.264 e. The Balaban J connectivity index is 1.34. The normalized spacial score (nSPS) is 12.1. The number of aryl methyl sites for hydroxylation is 1. The molecule has 0 aliphatic heterocycles. The molecule has 0 amide bonds. The maximum atomic E-state index is 12.4. The van der Waals surface area contributed by atoms with Crippen LogP contribution in [0.5, 0.6) is 17.2 Å². The number of fused-ring (bicyclic) bond motifs is 1. The summed E-state index contributed by atoms with van der Waals surface area (Å²) in [6, 6.07) is 16.6. The number of rotatable bonds is 7. The highest BCUT2D eigenvalue weighted by atomic mass is 16.5. The van der Waals surface area contributed by atoms with Crippen molar-refractivity contribution in [2.45, 2.75) is 12.6 Å². The minimum atomic E-state index is -0.871. The van der Waals surface area contributed by atoms with Gasteiger partial charge in [0, 0.05) is 7.05 Å². The molecule has 148 valence electrons. The van der Waals surface area contributed by atoms with E-state index in [2.05, 4.69) is 10.1 Å². The summed E-state index contributed by atoms with van der Waals surface area (Å²) in [5, 5.41) is 14.7. The van der Waals surface area contributed by atoms with E-state index in [1.165, 1.54) is 21.8 Å². The number of benzene rings is 2. The summed E-state index contributed by atoms with van der Waals surface area (Å²) in [6.45, 7) is 0.113. The molecule has 29 heavy (non-hydrogen) atoms. The van der Waals surface area contributed by atoms with Crippen LogP contribution in [0.25, 0.3) is 11.0 Å². The Morgan fingerprint density at radius 2 is 1.72 bits per heavy atom. The van der Waals surface area contributed by atoms with Gasteiger partial charge in [-0.05, 0) is 36.4 Å². The third-order valence-corrected chi connectivity index (χ3v) is 4.37. The summed E-state index contributed by atoms with van der Waals surface area (Å²) in [6.07, 6.45) is 2.01. The first-order valence-corrected chi connectivity index (χ1v) is 9.11.